The van der Waals surface area contributed by atoms with Gasteiger partial charge in [0, 0.05) is 13.3 Å². The lowest BCUT2D eigenvalue weighted by molar-refractivity contribution is -0.137. The molecule has 0 spiro atoms. The number of nitrogens with zero attached hydrogens (tertiary/aromatic N) is 3. The van der Waals surface area contributed by atoms with Crippen molar-refractivity contribution in [3.05, 3.63) is 30.2 Å². The molecule has 0 aliphatic carbocycles. The summed E-state index contributed by atoms with van der Waals surface area (Å²) in [5.74, 6) is 0.761. The summed E-state index contributed by atoms with van der Waals surface area (Å²) in [5, 5.41) is 14.8. The number of piperidine rings is 1. The zero-order valence-corrected chi connectivity index (χ0v) is 13.6. The van der Waals surface area contributed by atoms with Gasteiger partial charge in [0.05, 0.1) is 18.1 Å². The number of carbonyl (C=O) groups is 1. The minimum Gasteiger partial charge on any atom is -0.384 e. The van der Waals surface area contributed by atoms with Crippen molar-refractivity contribution in [1.82, 2.24) is 25.2 Å². The van der Waals surface area contributed by atoms with Crippen LogP contribution < -0.4 is 10.6 Å². The molecule has 2 aromatic heterocycles. The van der Waals surface area contributed by atoms with Crippen molar-refractivity contribution < 1.29 is 9.53 Å². The number of aromatic nitrogens is 3. The highest BCUT2D eigenvalue weighted by Crippen LogP contribution is 2.30. The Morgan fingerprint density at radius 1 is 1.43 bits per heavy atom. The van der Waals surface area contributed by atoms with Crippen molar-refractivity contribution in [2.24, 2.45) is 5.41 Å². The molecule has 1 unspecified atom stereocenters. The van der Waals surface area contributed by atoms with Gasteiger partial charge in [-0.3, -0.25) is 9.20 Å². The molecule has 1 aliphatic rings. The second-order valence-corrected chi connectivity index (χ2v) is 6.15. The van der Waals surface area contributed by atoms with Gasteiger partial charge in [0.25, 0.3) is 0 Å². The molecule has 3 rings (SSSR count). The van der Waals surface area contributed by atoms with Crippen LogP contribution in [0.15, 0.2) is 24.4 Å². The fourth-order valence-corrected chi connectivity index (χ4v) is 3.19. The number of pyridine rings is 1. The molecule has 0 radical (unpaired) electrons. The first-order valence-electron chi connectivity index (χ1n) is 7.96. The fourth-order valence-electron chi connectivity index (χ4n) is 3.19. The number of carbonyl (C=O) groups excluding carboxylic acids is 1. The molecule has 3 heterocycles. The largest absolute Gasteiger partial charge is 0.384 e. The summed E-state index contributed by atoms with van der Waals surface area (Å²) in [4.78, 5) is 12.9. The zero-order valence-electron chi connectivity index (χ0n) is 13.6. The van der Waals surface area contributed by atoms with E-state index in [0.29, 0.717) is 6.61 Å². The van der Waals surface area contributed by atoms with Gasteiger partial charge in [-0.25, -0.2) is 0 Å². The van der Waals surface area contributed by atoms with E-state index in [1.807, 2.05) is 35.7 Å². The summed E-state index contributed by atoms with van der Waals surface area (Å²) >= 11 is 0. The van der Waals surface area contributed by atoms with Crippen molar-refractivity contribution >= 4 is 11.6 Å². The first-order valence-corrected chi connectivity index (χ1v) is 7.96. The molecule has 7 nitrogen and oxygen atoms in total. The molecule has 0 aromatic carbocycles. The Hall–Kier alpha value is -1.99. The van der Waals surface area contributed by atoms with E-state index in [4.69, 9.17) is 4.74 Å². The summed E-state index contributed by atoms with van der Waals surface area (Å²) in [6, 6.07) is 5.51. The topological polar surface area (TPSA) is 80.5 Å². The van der Waals surface area contributed by atoms with Crippen LogP contribution in [0.5, 0.6) is 0 Å². The molecule has 1 amide bonds. The highest BCUT2D eigenvalue weighted by Gasteiger charge is 2.40. The van der Waals surface area contributed by atoms with Gasteiger partial charge in [-0.15, -0.1) is 10.2 Å². The van der Waals surface area contributed by atoms with E-state index in [-0.39, 0.29) is 11.9 Å². The van der Waals surface area contributed by atoms with E-state index < -0.39 is 5.41 Å². The Morgan fingerprint density at radius 3 is 2.96 bits per heavy atom. The van der Waals surface area contributed by atoms with Gasteiger partial charge in [-0.1, -0.05) is 6.07 Å². The number of methoxy groups -OCH3 is 1. The van der Waals surface area contributed by atoms with Crippen LogP contribution >= 0.6 is 0 Å². The average Bonchev–Trinajstić information content (AvgIpc) is 3.00. The van der Waals surface area contributed by atoms with E-state index in [1.54, 1.807) is 7.11 Å². The predicted octanol–water partition coefficient (Wildman–Crippen LogP) is 0.923. The number of hydrogen-bond donors (Lipinski definition) is 2. The first-order chi connectivity index (χ1) is 11.2. The third-order valence-corrected chi connectivity index (χ3v) is 4.54. The van der Waals surface area contributed by atoms with Gasteiger partial charge in [-0.2, -0.15) is 0 Å². The second-order valence-electron chi connectivity index (χ2n) is 6.15. The maximum absolute atomic E-state index is 12.9. The zero-order chi connectivity index (χ0) is 16.3. The second kappa shape index (κ2) is 6.64. The van der Waals surface area contributed by atoms with E-state index in [1.165, 1.54) is 0 Å². The lowest BCUT2D eigenvalue weighted by Crippen LogP contribution is -2.50. The summed E-state index contributed by atoms with van der Waals surface area (Å²) in [6.45, 7) is 4.04. The van der Waals surface area contributed by atoms with Crippen LogP contribution in [0.3, 0.4) is 0 Å². The normalized spacial score (nSPS) is 18.7. The number of hydrogen-bond acceptors (Lipinski definition) is 5. The summed E-state index contributed by atoms with van der Waals surface area (Å²) in [6.07, 6.45) is 3.46. The van der Waals surface area contributed by atoms with E-state index in [2.05, 4.69) is 20.8 Å². The number of ether oxygens (including phenoxy) is 1. The molecule has 1 atom stereocenters. The lowest BCUT2D eigenvalue weighted by Gasteiger charge is -2.36. The summed E-state index contributed by atoms with van der Waals surface area (Å²) in [7, 11) is 1.65. The van der Waals surface area contributed by atoms with Crippen molar-refractivity contribution in [2.75, 3.05) is 26.8 Å². The number of rotatable bonds is 5. The van der Waals surface area contributed by atoms with Crippen LogP contribution in [0.2, 0.25) is 0 Å². The first kappa shape index (κ1) is 15.9. The Kier molecular flexibility index (Phi) is 4.58. The molecule has 7 heteroatoms. The molecule has 0 bridgehead atoms. The maximum atomic E-state index is 12.9. The molecule has 1 saturated heterocycles. The predicted molar refractivity (Wildman–Crippen MR) is 86.0 cm³/mol. The Bertz CT molecular complexity index is 672. The third kappa shape index (κ3) is 3.07. The van der Waals surface area contributed by atoms with E-state index in [0.717, 1.165) is 37.4 Å². The van der Waals surface area contributed by atoms with Crippen molar-refractivity contribution in [3.63, 3.8) is 0 Å². The van der Waals surface area contributed by atoms with Crippen LogP contribution in [-0.2, 0) is 9.53 Å². The van der Waals surface area contributed by atoms with Crippen LogP contribution in [0, 0.1) is 5.41 Å². The monoisotopic (exact) mass is 317 g/mol. The Labute approximate surface area is 135 Å². The minimum absolute atomic E-state index is 0.0287. The van der Waals surface area contributed by atoms with Crippen molar-refractivity contribution in [1.29, 1.82) is 0 Å². The summed E-state index contributed by atoms with van der Waals surface area (Å²) < 4.78 is 7.23. The van der Waals surface area contributed by atoms with Crippen LogP contribution in [0.4, 0.5) is 0 Å². The van der Waals surface area contributed by atoms with Gasteiger partial charge < -0.3 is 15.4 Å². The smallest absolute Gasteiger partial charge is 0.229 e. The quantitative estimate of drug-likeness (QED) is 0.857. The van der Waals surface area contributed by atoms with Crippen LogP contribution in [0.25, 0.3) is 5.65 Å². The Balaban J connectivity index is 1.78. The molecule has 0 saturated carbocycles. The van der Waals surface area contributed by atoms with Gasteiger partial charge in [0.2, 0.25) is 5.91 Å². The highest BCUT2D eigenvalue weighted by atomic mass is 16.5. The molecule has 2 aromatic rings. The molecule has 23 heavy (non-hydrogen) atoms. The van der Waals surface area contributed by atoms with Gasteiger partial charge in [0.1, 0.15) is 0 Å². The minimum atomic E-state index is -0.464. The molecular formula is C16H23N5O2. The van der Waals surface area contributed by atoms with Crippen LogP contribution in [0.1, 0.15) is 31.6 Å². The SMILES string of the molecule is COCC1(C(=O)NC(C)c2nnc3ccccn23)CCNCC1. The van der Waals surface area contributed by atoms with Gasteiger partial charge in [0.15, 0.2) is 11.5 Å². The molecule has 1 fully saturated rings. The van der Waals surface area contributed by atoms with Crippen molar-refractivity contribution in [3.8, 4) is 0 Å². The lowest BCUT2D eigenvalue weighted by atomic mass is 9.78. The van der Waals surface area contributed by atoms with Crippen LogP contribution in [-0.4, -0.2) is 47.3 Å². The standard InChI is InChI=1S/C16H23N5O2/c1-12(14-20-19-13-5-3-4-10-21(13)14)18-15(22)16(11-23-2)6-8-17-9-7-16/h3-5,10,12,17H,6-9,11H2,1-2H3,(H,18,22). The molecule has 124 valence electrons. The number of fused-ring (bicyclic) bond motifs is 1. The summed E-state index contributed by atoms with van der Waals surface area (Å²) in [5.41, 5.74) is 0.312. The van der Waals surface area contributed by atoms with Gasteiger partial charge in [-0.05, 0) is 45.0 Å². The molecular weight excluding hydrogens is 294 g/mol. The number of nitrogens with one attached hydrogen (secondary N) is 2. The van der Waals surface area contributed by atoms with Gasteiger partial charge >= 0.3 is 0 Å². The number of amides is 1. The molecule has 2 N–H and O–H groups in total. The highest BCUT2D eigenvalue weighted by molar-refractivity contribution is 5.83. The molecule has 1 aliphatic heterocycles. The Morgan fingerprint density at radius 2 is 2.22 bits per heavy atom. The average molecular weight is 317 g/mol. The fraction of sp³-hybridized carbons (Fsp3) is 0.562. The third-order valence-electron chi connectivity index (χ3n) is 4.54. The maximum Gasteiger partial charge on any atom is 0.229 e. The van der Waals surface area contributed by atoms with E-state index >= 15 is 0 Å². The van der Waals surface area contributed by atoms with E-state index in [9.17, 15) is 4.79 Å². The van der Waals surface area contributed by atoms with Crippen molar-refractivity contribution in [2.45, 2.75) is 25.8 Å².